The molecule has 0 saturated carbocycles. The maximum atomic E-state index is 12.0. The van der Waals surface area contributed by atoms with Crippen LogP contribution in [0.3, 0.4) is 0 Å². The Labute approximate surface area is 104 Å². The molecule has 0 N–H and O–H groups in total. The van der Waals surface area contributed by atoms with E-state index < -0.39 is 0 Å². The Balaban J connectivity index is 2.81. The van der Waals surface area contributed by atoms with Gasteiger partial charge in [-0.15, -0.1) is 0 Å². The first kappa shape index (κ1) is 12.0. The molecule has 0 bridgehead atoms. The Hall–Kier alpha value is -1.48. The van der Waals surface area contributed by atoms with E-state index in [2.05, 4.69) is 6.58 Å². The first-order chi connectivity index (χ1) is 8.15. The summed E-state index contributed by atoms with van der Waals surface area (Å²) in [4.78, 5) is 12.0. The van der Waals surface area contributed by atoms with Crippen LogP contribution in [-0.2, 0) is 0 Å². The van der Waals surface area contributed by atoms with Crippen molar-refractivity contribution in [3.05, 3.63) is 46.1 Å². The molecule has 2 rings (SSSR count). The van der Waals surface area contributed by atoms with Crippen LogP contribution in [0.25, 0.3) is 17.0 Å². The SMILES string of the molecule is C=Cc1cc(C)cc2c(=O)cc(SCC)oc12. The molecule has 0 fully saturated rings. The second kappa shape index (κ2) is 4.80. The Bertz CT molecular complexity index is 626. The second-order valence-electron chi connectivity index (χ2n) is 3.80. The predicted octanol–water partition coefficient (Wildman–Crippen LogP) is 3.86. The highest BCUT2D eigenvalue weighted by Gasteiger charge is 2.08. The molecule has 0 radical (unpaired) electrons. The van der Waals surface area contributed by atoms with Crippen molar-refractivity contribution in [3.8, 4) is 0 Å². The summed E-state index contributed by atoms with van der Waals surface area (Å²) in [6.45, 7) is 7.74. The van der Waals surface area contributed by atoms with E-state index in [0.29, 0.717) is 16.1 Å². The van der Waals surface area contributed by atoms with Crippen molar-refractivity contribution in [2.45, 2.75) is 18.9 Å². The Morgan fingerprint density at radius 1 is 1.41 bits per heavy atom. The van der Waals surface area contributed by atoms with Gasteiger partial charge in [-0.2, -0.15) is 0 Å². The van der Waals surface area contributed by atoms with Crippen LogP contribution in [0.5, 0.6) is 0 Å². The van der Waals surface area contributed by atoms with Crippen LogP contribution < -0.4 is 5.43 Å². The summed E-state index contributed by atoms with van der Waals surface area (Å²) >= 11 is 1.53. The van der Waals surface area contributed by atoms with Gasteiger partial charge in [-0.05, 0) is 30.4 Å². The number of benzene rings is 1. The zero-order valence-electron chi connectivity index (χ0n) is 9.95. The molecule has 2 aromatic rings. The standard InChI is InChI=1S/C14H14O2S/c1-4-10-6-9(3)7-11-12(15)8-13(17-5-2)16-14(10)11/h4,6-8H,1,5H2,2-3H3. The van der Waals surface area contributed by atoms with Crippen molar-refractivity contribution < 1.29 is 4.42 Å². The molecule has 0 aliphatic carbocycles. The molecule has 0 saturated heterocycles. The molecule has 0 aliphatic heterocycles. The van der Waals surface area contributed by atoms with Crippen LogP contribution in [0.15, 0.2) is 39.1 Å². The number of fused-ring (bicyclic) bond motifs is 1. The Kier molecular flexibility index (Phi) is 3.38. The molecule has 17 heavy (non-hydrogen) atoms. The molecule has 1 aromatic carbocycles. The smallest absolute Gasteiger partial charge is 0.193 e. The lowest BCUT2D eigenvalue weighted by Crippen LogP contribution is -2.01. The summed E-state index contributed by atoms with van der Waals surface area (Å²) in [5, 5.41) is 1.29. The number of rotatable bonds is 3. The fourth-order valence-electron chi connectivity index (χ4n) is 1.78. The van der Waals surface area contributed by atoms with Crippen molar-refractivity contribution in [3.63, 3.8) is 0 Å². The quantitative estimate of drug-likeness (QED) is 0.770. The van der Waals surface area contributed by atoms with Crippen LogP contribution in [0.1, 0.15) is 18.1 Å². The minimum Gasteiger partial charge on any atom is -0.449 e. The number of aryl methyl sites for hydroxylation is 1. The molecule has 1 heterocycles. The lowest BCUT2D eigenvalue weighted by atomic mass is 10.1. The molecule has 0 aliphatic rings. The van der Waals surface area contributed by atoms with Gasteiger partial charge in [0.25, 0.3) is 0 Å². The fraction of sp³-hybridized carbons (Fsp3) is 0.214. The highest BCUT2D eigenvalue weighted by atomic mass is 32.2. The summed E-state index contributed by atoms with van der Waals surface area (Å²) < 4.78 is 5.75. The van der Waals surface area contributed by atoms with Gasteiger partial charge in [0.05, 0.1) is 5.39 Å². The van der Waals surface area contributed by atoms with E-state index in [1.807, 2.05) is 26.0 Å². The van der Waals surface area contributed by atoms with E-state index >= 15 is 0 Å². The number of hydrogen-bond acceptors (Lipinski definition) is 3. The molecular weight excluding hydrogens is 232 g/mol. The third kappa shape index (κ3) is 2.29. The molecule has 0 amide bonds. The van der Waals surface area contributed by atoms with Crippen LogP contribution >= 0.6 is 11.8 Å². The Morgan fingerprint density at radius 3 is 2.82 bits per heavy atom. The summed E-state index contributed by atoms with van der Waals surface area (Å²) in [5.41, 5.74) is 2.55. The average Bonchev–Trinajstić information content (AvgIpc) is 2.30. The highest BCUT2D eigenvalue weighted by Crippen LogP contribution is 2.25. The van der Waals surface area contributed by atoms with E-state index in [1.165, 1.54) is 11.8 Å². The monoisotopic (exact) mass is 246 g/mol. The van der Waals surface area contributed by atoms with Gasteiger partial charge < -0.3 is 4.42 Å². The fourth-order valence-corrected chi connectivity index (χ4v) is 2.40. The molecule has 3 heteroatoms. The van der Waals surface area contributed by atoms with E-state index in [0.717, 1.165) is 16.9 Å². The molecule has 0 unspecified atom stereocenters. The first-order valence-corrected chi connectivity index (χ1v) is 6.48. The van der Waals surface area contributed by atoms with Crippen molar-refractivity contribution in [1.82, 2.24) is 0 Å². The Morgan fingerprint density at radius 2 is 2.18 bits per heavy atom. The number of thioether (sulfide) groups is 1. The maximum absolute atomic E-state index is 12.0. The third-order valence-electron chi connectivity index (χ3n) is 2.49. The summed E-state index contributed by atoms with van der Waals surface area (Å²) in [6.07, 6.45) is 1.72. The lowest BCUT2D eigenvalue weighted by molar-refractivity contribution is 0.499. The molecule has 0 spiro atoms. The summed E-state index contributed by atoms with van der Waals surface area (Å²) in [5.74, 6) is 0.879. The molecule has 1 aromatic heterocycles. The van der Waals surface area contributed by atoms with E-state index in [4.69, 9.17) is 4.42 Å². The maximum Gasteiger partial charge on any atom is 0.193 e. The normalized spacial score (nSPS) is 10.7. The van der Waals surface area contributed by atoms with Crippen molar-refractivity contribution in [2.24, 2.45) is 0 Å². The molecule has 0 atom stereocenters. The predicted molar refractivity (Wildman–Crippen MR) is 73.7 cm³/mol. The summed E-state index contributed by atoms with van der Waals surface area (Å²) in [6, 6.07) is 5.38. The van der Waals surface area contributed by atoms with Gasteiger partial charge in [-0.3, -0.25) is 4.79 Å². The van der Waals surface area contributed by atoms with Gasteiger partial charge in [0.1, 0.15) is 5.58 Å². The minimum atomic E-state index is 0.00833. The largest absolute Gasteiger partial charge is 0.449 e. The first-order valence-electron chi connectivity index (χ1n) is 5.49. The van der Waals surface area contributed by atoms with Gasteiger partial charge in [-0.25, -0.2) is 0 Å². The zero-order chi connectivity index (χ0) is 12.4. The van der Waals surface area contributed by atoms with Gasteiger partial charge in [-0.1, -0.05) is 31.3 Å². The van der Waals surface area contributed by atoms with E-state index in [9.17, 15) is 4.79 Å². The lowest BCUT2D eigenvalue weighted by Gasteiger charge is -2.05. The number of hydrogen-bond donors (Lipinski definition) is 0. The highest BCUT2D eigenvalue weighted by molar-refractivity contribution is 7.99. The summed E-state index contributed by atoms with van der Waals surface area (Å²) in [7, 11) is 0. The van der Waals surface area contributed by atoms with Gasteiger partial charge in [0.15, 0.2) is 10.5 Å². The van der Waals surface area contributed by atoms with Crippen molar-refractivity contribution in [2.75, 3.05) is 5.75 Å². The van der Waals surface area contributed by atoms with Gasteiger partial charge in [0.2, 0.25) is 0 Å². The minimum absolute atomic E-state index is 0.00833. The second-order valence-corrected chi connectivity index (χ2v) is 5.07. The molecule has 2 nitrogen and oxygen atoms in total. The molecular formula is C14H14O2S. The molecule has 88 valence electrons. The van der Waals surface area contributed by atoms with Crippen molar-refractivity contribution >= 4 is 28.8 Å². The van der Waals surface area contributed by atoms with Crippen LogP contribution in [0.4, 0.5) is 0 Å². The topological polar surface area (TPSA) is 30.2 Å². The zero-order valence-corrected chi connectivity index (χ0v) is 10.8. The van der Waals surface area contributed by atoms with Crippen LogP contribution in [-0.4, -0.2) is 5.75 Å². The van der Waals surface area contributed by atoms with E-state index in [-0.39, 0.29) is 5.43 Å². The third-order valence-corrected chi connectivity index (χ3v) is 3.26. The van der Waals surface area contributed by atoms with E-state index in [1.54, 1.807) is 12.1 Å². The van der Waals surface area contributed by atoms with Crippen LogP contribution in [0, 0.1) is 6.92 Å². The average molecular weight is 246 g/mol. The van der Waals surface area contributed by atoms with Gasteiger partial charge >= 0.3 is 0 Å². The van der Waals surface area contributed by atoms with Crippen molar-refractivity contribution in [1.29, 1.82) is 0 Å². The van der Waals surface area contributed by atoms with Crippen LogP contribution in [0.2, 0.25) is 0 Å². The van der Waals surface area contributed by atoms with Gasteiger partial charge in [0, 0.05) is 11.6 Å².